The van der Waals surface area contributed by atoms with Crippen molar-refractivity contribution in [2.45, 2.75) is 9.79 Å². The average Bonchev–Trinajstić information content (AvgIpc) is 3.27. The Labute approximate surface area is 199 Å². The van der Waals surface area contributed by atoms with Gasteiger partial charge in [-0.3, -0.25) is 14.8 Å². The number of nitrogens with zero attached hydrogens (tertiary/aromatic N) is 2. The fraction of sp³-hybridized carbons (Fsp3) is 0.0455. The van der Waals surface area contributed by atoms with Crippen molar-refractivity contribution >= 4 is 51.0 Å². The lowest BCUT2D eigenvalue weighted by Gasteiger charge is -2.09. The number of thioether (sulfide) groups is 1. The van der Waals surface area contributed by atoms with Crippen LogP contribution >= 0.6 is 23.4 Å². The van der Waals surface area contributed by atoms with Crippen molar-refractivity contribution in [3.05, 3.63) is 83.4 Å². The minimum Gasteiger partial charge on any atom is -0.403 e. The van der Waals surface area contributed by atoms with E-state index in [0.29, 0.717) is 5.02 Å². The highest BCUT2D eigenvalue weighted by atomic mass is 35.5. The zero-order chi connectivity index (χ0) is 23.4. The molecule has 1 amide bonds. The van der Waals surface area contributed by atoms with E-state index in [-0.39, 0.29) is 28.1 Å². The van der Waals surface area contributed by atoms with Crippen LogP contribution in [0, 0.1) is 0 Å². The second kappa shape index (κ2) is 9.65. The number of aromatic nitrogens is 2. The summed E-state index contributed by atoms with van der Waals surface area (Å²) in [5.74, 6) is -0.254. The molecule has 1 heterocycles. The number of nitrogens with one attached hydrogen (secondary N) is 2. The number of carbonyl (C=O) groups is 1. The molecule has 0 saturated heterocycles. The standard InChI is InChI=1S/C22H17ClN4O4S2/c1-32-19-8-3-2-7-18(19)21-25-26-22(31-21)24-20(28)14-5-4-6-16(13-14)27-33(29,30)17-11-9-15(23)10-12-17/h2-13,27H,1H3,(H,24,26,28). The molecule has 0 bridgehead atoms. The van der Waals surface area contributed by atoms with E-state index in [9.17, 15) is 13.2 Å². The minimum absolute atomic E-state index is 0.0469. The molecule has 0 radical (unpaired) electrons. The van der Waals surface area contributed by atoms with Gasteiger partial charge in [0, 0.05) is 21.2 Å². The summed E-state index contributed by atoms with van der Waals surface area (Å²) in [6, 6.07) is 19.3. The lowest BCUT2D eigenvalue weighted by molar-refractivity contribution is 0.102. The third-order valence-corrected chi connectivity index (χ3v) is 6.93. The van der Waals surface area contributed by atoms with Gasteiger partial charge < -0.3 is 4.42 Å². The Morgan fingerprint density at radius 1 is 1.00 bits per heavy atom. The average molecular weight is 501 g/mol. The van der Waals surface area contributed by atoms with Crippen LogP contribution in [0.2, 0.25) is 5.02 Å². The Morgan fingerprint density at radius 2 is 1.76 bits per heavy atom. The molecule has 0 atom stereocenters. The Morgan fingerprint density at radius 3 is 2.52 bits per heavy atom. The first-order chi connectivity index (χ1) is 15.9. The number of rotatable bonds is 7. The van der Waals surface area contributed by atoms with Crippen LogP contribution < -0.4 is 10.0 Å². The summed E-state index contributed by atoms with van der Waals surface area (Å²) in [4.78, 5) is 13.7. The van der Waals surface area contributed by atoms with E-state index in [1.807, 2.05) is 30.5 Å². The highest BCUT2D eigenvalue weighted by Gasteiger charge is 2.17. The molecular weight excluding hydrogens is 484 g/mol. The van der Waals surface area contributed by atoms with Gasteiger partial charge in [0.15, 0.2) is 0 Å². The summed E-state index contributed by atoms with van der Waals surface area (Å²) < 4.78 is 33.2. The summed E-state index contributed by atoms with van der Waals surface area (Å²) in [5, 5.41) is 10.8. The third-order valence-electron chi connectivity index (χ3n) is 4.48. The van der Waals surface area contributed by atoms with Gasteiger partial charge in [0.1, 0.15) is 0 Å². The van der Waals surface area contributed by atoms with Crippen LogP contribution in [0.25, 0.3) is 11.5 Å². The second-order valence-corrected chi connectivity index (χ2v) is 9.67. The Balaban J connectivity index is 1.49. The molecule has 4 aromatic rings. The Hall–Kier alpha value is -3.34. The monoisotopic (exact) mass is 500 g/mol. The molecule has 11 heteroatoms. The van der Waals surface area contributed by atoms with E-state index in [1.54, 1.807) is 6.07 Å². The third kappa shape index (κ3) is 5.36. The Kier molecular flexibility index (Phi) is 6.68. The number of hydrogen-bond donors (Lipinski definition) is 2. The van der Waals surface area contributed by atoms with Gasteiger partial charge in [0.05, 0.1) is 10.5 Å². The fourth-order valence-corrected chi connectivity index (χ4v) is 4.69. The maximum atomic E-state index is 12.7. The van der Waals surface area contributed by atoms with Crippen molar-refractivity contribution in [1.82, 2.24) is 10.2 Å². The maximum Gasteiger partial charge on any atom is 0.322 e. The summed E-state index contributed by atoms with van der Waals surface area (Å²) >= 11 is 7.36. The van der Waals surface area contributed by atoms with Crippen LogP contribution in [-0.2, 0) is 10.0 Å². The molecule has 2 N–H and O–H groups in total. The predicted octanol–water partition coefficient (Wildman–Crippen LogP) is 5.17. The summed E-state index contributed by atoms with van der Waals surface area (Å²) in [5.41, 5.74) is 1.19. The fourth-order valence-electron chi connectivity index (χ4n) is 2.92. The number of carbonyl (C=O) groups excluding carboxylic acids is 1. The number of sulfonamides is 1. The summed E-state index contributed by atoms with van der Waals surface area (Å²) in [6.45, 7) is 0. The summed E-state index contributed by atoms with van der Waals surface area (Å²) in [6.07, 6.45) is 1.94. The molecule has 8 nitrogen and oxygen atoms in total. The quantitative estimate of drug-likeness (QED) is 0.336. The molecule has 0 unspecified atom stereocenters. The maximum absolute atomic E-state index is 12.7. The molecule has 168 valence electrons. The van der Waals surface area contributed by atoms with Crippen LogP contribution in [-0.4, -0.2) is 30.8 Å². The predicted molar refractivity (Wildman–Crippen MR) is 128 cm³/mol. The van der Waals surface area contributed by atoms with E-state index >= 15 is 0 Å². The summed E-state index contributed by atoms with van der Waals surface area (Å²) in [7, 11) is -3.85. The lowest BCUT2D eigenvalue weighted by atomic mass is 10.2. The van der Waals surface area contributed by atoms with E-state index in [1.165, 1.54) is 54.2 Å². The number of hydrogen-bond acceptors (Lipinski definition) is 7. The van der Waals surface area contributed by atoms with Crippen molar-refractivity contribution in [3.8, 4) is 11.5 Å². The van der Waals surface area contributed by atoms with Crippen LogP contribution in [0.4, 0.5) is 11.7 Å². The molecule has 0 saturated carbocycles. The molecule has 0 aliphatic carbocycles. The molecule has 3 aromatic carbocycles. The highest BCUT2D eigenvalue weighted by Crippen LogP contribution is 2.30. The molecule has 0 aliphatic rings. The largest absolute Gasteiger partial charge is 0.403 e. The van der Waals surface area contributed by atoms with Gasteiger partial charge in [-0.15, -0.1) is 16.9 Å². The number of anilines is 2. The van der Waals surface area contributed by atoms with Gasteiger partial charge in [-0.25, -0.2) is 8.42 Å². The molecule has 4 rings (SSSR count). The van der Waals surface area contributed by atoms with Crippen LogP contribution in [0.1, 0.15) is 10.4 Å². The molecule has 33 heavy (non-hydrogen) atoms. The minimum atomic E-state index is -3.85. The van der Waals surface area contributed by atoms with Crippen molar-refractivity contribution in [2.75, 3.05) is 16.3 Å². The molecular formula is C22H17ClN4O4S2. The van der Waals surface area contributed by atoms with Gasteiger partial charge in [0.2, 0.25) is 0 Å². The number of halogens is 1. The van der Waals surface area contributed by atoms with Crippen molar-refractivity contribution in [1.29, 1.82) is 0 Å². The van der Waals surface area contributed by atoms with Crippen molar-refractivity contribution in [2.24, 2.45) is 0 Å². The first-order valence-corrected chi connectivity index (χ1v) is 12.6. The topological polar surface area (TPSA) is 114 Å². The van der Waals surface area contributed by atoms with Crippen LogP contribution in [0.15, 0.2) is 87.0 Å². The zero-order valence-corrected chi connectivity index (χ0v) is 19.5. The van der Waals surface area contributed by atoms with Gasteiger partial charge in [-0.05, 0) is 60.9 Å². The van der Waals surface area contributed by atoms with Gasteiger partial charge >= 0.3 is 6.01 Å². The zero-order valence-electron chi connectivity index (χ0n) is 17.2. The van der Waals surface area contributed by atoms with Crippen LogP contribution in [0.3, 0.4) is 0 Å². The SMILES string of the molecule is CSc1ccccc1-c1nnc(NC(=O)c2cccc(NS(=O)(=O)c3ccc(Cl)cc3)c2)o1. The lowest BCUT2D eigenvalue weighted by Crippen LogP contribution is -2.15. The highest BCUT2D eigenvalue weighted by molar-refractivity contribution is 7.98. The van der Waals surface area contributed by atoms with Crippen molar-refractivity contribution < 1.29 is 17.6 Å². The van der Waals surface area contributed by atoms with Crippen molar-refractivity contribution in [3.63, 3.8) is 0 Å². The second-order valence-electron chi connectivity index (χ2n) is 6.71. The van der Waals surface area contributed by atoms with E-state index < -0.39 is 15.9 Å². The van der Waals surface area contributed by atoms with Gasteiger partial charge in [0.25, 0.3) is 21.8 Å². The normalized spacial score (nSPS) is 11.2. The van der Waals surface area contributed by atoms with E-state index in [0.717, 1.165) is 10.5 Å². The first-order valence-electron chi connectivity index (χ1n) is 9.52. The van der Waals surface area contributed by atoms with Gasteiger partial charge in [-0.2, -0.15) is 0 Å². The van der Waals surface area contributed by atoms with Gasteiger partial charge in [-0.1, -0.05) is 34.9 Å². The molecule has 0 fully saturated rings. The molecule has 1 aromatic heterocycles. The van der Waals surface area contributed by atoms with E-state index in [2.05, 4.69) is 20.2 Å². The molecule has 0 spiro atoms. The number of benzene rings is 3. The Bertz CT molecular complexity index is 1410. The first kappa shape index (κ1) is 22.8. The van der Waals surface area contributed by atoms with E-state index in [4.69, 9.17) is 16.0 Å². The molecule has 0 aliphatic heterocycles. The van der Waals surface area contributed by atoms with Crippen LogP contribution in [0.5, 0.6) is 0 Å². The number of amides is 1. The smallest absolute Gasteiger partial charge is 0.322 e.